The summed E-state index contributed by atoms with van der Waals surface area (Å²) in [5.74, 6) is -0.637. The molecule has 48 heavy (non-hydrogen) atoms. The predicted octanol–water partition coefficient (Wildman–Crippen LogP) is 14.8. The number of aryl methyl sites for hydroxylation is 2. The van der Waals surface area contributed by atoms with E-state index in [1.54, 1.807) is 22.7 Å². The van der Waals surface area contributed by atoms with Crippen LogP contribution in [0, 0.1) is 19.7 Å². The summed E-state index contributed by atoms with van der Waals surface area (Å²) in [6.45, 7) is 5.80. The number of benzene rings is 3. The molecule has 0 saturated heterocycles. The summed E-state index contributed by atoms with van der Waals surface area (Å²) in [5, 5.41) is 3.02. The molecule has 9 aromatic rings. The molecule has 0 unspecified atom stereocenters. The monoisotopic (exact) mass is 732 g/mol. The molecule has 0 saturated carbocycles. The van der Waals surface area contributed by atoms with Crippen LogP contribution in [0.3, 0.4) is 0 Å². The molecule has 0 N–H and O–H groups in total. The molecule has 8 heteroatoms. The van der Waals surface area contributed by atoms with Gasteiger partial charge in [0.25, 0.3) is 0 Å². The van der Waals surface area contributed by atoms with Gasteiger partial charge in [-0.1, -0.05) is 60.7 Å². The average molecular weight is 733 g/mol. The first-order chi connectivity index (χ1) is 23.4. The van der Waals surface area contributed by atoms with Crippen molar-refractivity contribution in [2.45, 2.75) is 20.8 Å². The first-order valence-electron chi connectivity index (χ1n) is 15.4. The average Bonchev–Trinajstić information content (AvgIpc) is 3.94. The lowest BCUT2D eigenvalue weighted by Crippen LogP contribution is -1.90. The minimum Gasteiger partial charge on any atom is -0.293 e. The fourth-order valence-corrected chi connectivity index (χ4v) is 13.6. The van der Waals surface area contributed by atoms with Crippen molar-refractivity contribution in [3.63, 3.8) is 0 Å². The van der Waals surface area contributed by atoms with Crippen LogP contribution in [-0.4, -0.2) is 5.78 Å². The fourth-order valence-electron chi connectivity index (χ4n) is 6.40. The van der Waals surface area contributed by atoms with Crippen LogP contribution in [0.4, 0.5) is 4.39 Å². The highest BCUT2D eigenvalue weighted by atomic mass is 32.1. The maximum Gasteiger partial charge on any atom is 0.172 e. The Balaban J connectivity index is 1.40. The number of carbonyl (C=O) groups excluding carboxylic acids is 1. The Morgan fingerprint density at radius 2 is 1.08 bits per heavy atom. The summed E-state index contributed by atoms with van der Waals surface area (Å²) in [4.78, 5) is 22.1. The van der Waals surface area contributed by atoms with E-state index >= 15 is 4.39 Å². The van der Waals surface area contributed by atoms with Gasteiger partial charge in [-0.05, 0) is 61.4 Å². The highest BCUT2D eigenvalue weighted by molar-refractivity contribution is 7.33. The molecule has 0 bridgehead atoms. The van der Waals surface area contributed by atoms with Crippen molar-refractivity contribution in [1.29, 1.82) is 0 Å². The number of fused-ring (bicyclic) bond motifs is 4. The van der Waals surface area contributed by atoms with Gasteiger partial charge in [0.15, 0.2) is 11.6 Å². The van der Waals surface area contributed by atoms with E-state index in [1.807, 2.05) is 64.3 Å². The minimum absolute atomic E-state index is 0.199. The van der Waals surface area contributed by atoms with Crippen LogP contribution in [0.1, 0.15) is 26.3 Å². The lowest BCUT2D eigenvalue weighted by atomic mass is 9.98. The summed E-state index contributed by atoms with van der Waals surface area (Å²) in [7, 11) is 0. The minimum atomic E-state index is -0.400. The molecule has 0 aliphatic rings. The van der Waals surface area contributed by atoms with E-state index in [1.165, 1.54) is 79.5 Å². The van der Waals surface area contributed by atoms with Crippen LogP contribution in [0.15, 0.2) is 97.1 Å². The summed E-state index contributed by atoms with van der Waals surface area (Å²) < 4.78 is 19.4. The third kappa shape index (κ3) is 4.81. The normalized spacial score (nSPS) is 11.8. The molecule has 0 aliphatic heterocycles. The van der Waals surface area contributed by atoms with Gasteiger partial charge < -0.3 is 0 Å². The Kier molecular flexibility index (Phi) is 7.38. The lowest BCUT2D eigenvalue weighted by molar-refractivity contribution is 0.101. The van der Waals surface area contributed by atoms with E-state index in [9.17, 15) is 4.79 Å². The second kappa shape index (κ2) is 11.7. The van der Waals surface area contributed by atoms with Crippen molar-refractivity contribution < 1.29 is 9.18 Å². The van der Waals surface area contributed by atoms with E-state index in [0.717, 1.165) is 24.9 Å². The number of carbonyl (C=O) groups is 1. The van der Waals surface area contributed by atoms with Gasteiger partial charge in [-0.25, -0.2) is 4.39 Å². The molecule has 234 valence electrons. The first kappa shape index (κ1) is 30.3. The van der Waals surface area contributed by atoms with Crippen LogP contribution in [0.2, 0.25) is 0 Å². The summed E-state index contributed by atoms with van der Waals surface area (Å²) in [6.07, 6.45) is 0. The lowest BCUT2D eigenvalue weighted by Gasteiger charge is -2.11. The Hall–Kier alpha value is -3.76. The van der Waals surface area contributed by atoms with Crippen molar-refractivity contribution in [1.82, 2.24) is 0 Å². The van der Waals surface area contributed by atoms with E-state index in [4.69, 9.17) is 0 Å². The fraction of sp³-hybridized carbons (Fsp3) is 0.0750. The van der Waals surface area contributed by atoms with E-state index in [0.29, 0.717) is 5.39 Å². The van der Waals surface area contributed by atoms with Crippen molar-refractivity contribution in [3.05, 3.63) is 118 Å². The van der Waals surface area contributed by atoms with Gasteiger partial charge >= 0.3 is 0 Å². The molecule has 1 nitrogen and oxygen atoms in total. The molecule has 0 fully saturated rings. The van der Waals surface area contributed by atoms with Gasteiger partial charge in [0, 0.05) is 77.7 Å². The summed E-state index contributed by atoms with van der Waals surface area (Å²) in [5.41, 5.74) is 4.74. The number of halogens is 1. The Bertz CT molecular complexity index is 2680. The zero-order valence-corrected chi connectivity index (χ0v) is 30.9. The van der Waals surface area contributed by atoms with Gasteiger partial charge in [-0.3, -0.25) is 4.79 Å². The van der Waals surface area contributed by atoms with Gasteiger partial charge in [-0.15, -0.1) is 68.0 Å². The number of hydrogen-bond acceptors (Lipinski definition) is 7. The van der Waals surface area contributed by atoms with Gasteiger partial charge in [0.05, 0.1) is 9.58 Å². The van der Waals surface area contributed by atoms with Crippen LogP contribution in [-0.2, 0) is 0 Å². The number of rotatable bonds is 6. The van der Waals surface area contributed by atoms with Gasteiger partial charge in [0.1, 0.15) is 4.88 Å². The van der Waals surface area contributed by atoms with Crippen LogP contribution < -0.4 is 0 Å². The van der Waals surface area contributed by atoms with Crippen molar-refractivity contribution in [2.75, 3.05) is 0 Å². The smallest absolute Gasteiger partial charge is 0.172 e. The van der Waals surface area contributed by atoms with Crippen LogP contribution in [0.5, 0.6) is 0 Å². The van der Waals surface area contributed by atoms with E-state index in [-0.39, 0.29) is 10.7 Å². The molecule has 0 atom stereocenters. The summed E-state index contributed by atoms with van der Waals surface area (Å²) in [6, 6.07) is 34.3. The summed E-state index contributed by atoms with van der Waals surface area (Å²) >= 11 is 10.2. The first-order valence-corrected chi connectivity index (χ1v) is 20.3. The molecule has 0 spiro atoms. The standard InChI is InChI=1S/C40H25FOS6/c1-20-14-16-27(43-20)31-32(28-17-15-21(2)44-28)38-26(25-18-29(45-37(25)31)23-10-6-4-7-11-23)19-30(46-38)39-40-33(34(41)35(47-40)22(3)42)36(48-39)24-12-8-5-9-13-24/h4-19H,1-3H3. The van der Waals surface area contributed by atoms with Crippen molar-refractivity contribution in [2.24, 2.45) is 0 Å². The zero-order valence-electron chi connectivity index (χ0n) is 26.0. The molecule has 0 amide bonds. The number of Topliss-reactive ketones (excluding diaryl/α,β-unsaturated/α-hetero) is 1. The van der Waals surface area contributed by atoms with Gasteiger partial charge in [0.2, 0.25) is 0 Å². The molecule has 0 radical (unpaired) electrons. The topological polar surface area (TPSA) is 17.1 Å². The SMILES string of the molecule is CC(=O)c1sc2c(-c3cc4c(s3)c(-c3ccc(C)s3)c(-c3ccc(C)s3)c3sc(-c5ccccc5)cc34)sc(-c3ccccc3)c2c1F. The van der Waals surface area contributed by atoms with Crippen LogP contribution >= 0.6 is 68.0 Å². The third-order valence-corrected chi connectivity index (χ3v) is 15.8. The predicted molar refractivity (Wildman–Crippen MR) is 213 cm³/mol. The molecular weight excluding hydrogens is 708 g/mol. The Labute approximate surface area is 300 Å². The Morgan fingerprint density at radius 3 is 1.62 bits per heavy atom. The molecule has 6 heterocycles. The molecule has 0 aliphatic carbocycles. The number of ketones is 1. The zero-order chi connectivity index (χ0) is 32.7. The van der Waals surface area contributed by atoms with Crippen molar-refractivity contribution >= 4 is 104 Å². The van der Waals surface area contributed by atoms with Crippen LogP contribution in [0.25, 0.3) is 81.8 Å². The second-order valence-corrected chi connectivity index (χ2v) is 18.5. The van der Waals surface area contributed by atoms with E-state index < -0.39 is 5.82 Å². The Morgan fingerprint density at radius 1 is 0.542 bits per heavy atom. The maximum atomic E-state index is 16.1. The highest BCUT2D eigenvalue weighted by Crippen LogP contribution is 2.57. The van der Waals surface area contributed by atoms with Crippen molar-refractivity contribution in [3.8, 4) is 51.5 Å². The van der Waals surface area contributed by atoms with Gasteiger partial charge in [-0.2, -0.15) is 0 Å². The largest absolute Gasteiger partial charge is 0.293 e. The number of thiophene rings is 6. The number of hydrogen-bond donors (Lipinski definition) is 0. The van der Waals surface area contributed by atoms with E-state index in [2.05, 4.69) is 80.6 Å². The third-order valence-electron chi connectivity index (χ3n) is 8.56. The highest BCUT2D eigenvalue weighted by Gasteiger charge is 2.28. The maximum absolute atomic E-state index is 16.1. The quantitative estimate of drug-likeness (QED) is 0.156. The second-order valence-electron chi connectivity index (χ2n) is 11.8. The molecule has 6 aromatic heterocycles. The molecular formula is C40H25FOS6. The molecule has 3 aromatic carbocycles. The molecule has 9 rings (SSSR count).